The number of benzene rings is 1. The van der Waals surface area contributed by atoms with Gasteiger partial charge in [-0.3, -0.25) is 0 Å². The Morgan fingerprint density at radius 2 is 1.75 bits per heavy atom. The zero-order valence-electron chi connectivity index (χ0n) is 11.4. The molecule has 0 heterocycles. The van der Waals surface area contributed by atoms with E-state index in [9.17, 15) is 0 Å². The fourth-order valence-corrected chi connectivity index (χ4v) is 2.24. The van der Waals surface area contributed by atoms with Crippen molar-refractivity contribution in [3.8, 4) is 0 Å². The van der Waals surface area contributed by atoms with Crippen LogP contribution in [0.5, 0.6) is 0 Å². The summed E-state index contributed by atoms with van der Waals surface area (Å²) in [6.07, 6.45) is 5.61. The third-order valence-corrected chi connectivity index (χ3v) is 3.40. The number of allylic oxidation sites excluding steroid dienone is 2. The van der Waals surface area contributed by atoms with Crippen LogP contribution in [-0.4, -0.2) is 0 Å². The average molecular weight is 216 g/mol. The van der Waals surface area contributed by atoms with E-state index in [2.05, 4.69) is 52.8 Å². The molecule has 0 aliphatic carbocycles. The lowest BCUT2D eigenvalue weighted by molar-refractivity contribution is 1.01. The molecule has 0 unspecified atom stereocenters. The lowest BCUT2D eigenvalue weighted by Crippen LogP contribution is -1.99. The van der Waals surface area contributed by atoms with Crippen molar-refractivity contribution >= 4 is 5.57 Å². The molecule has 0 atom stereocenters. The first-order chi connectivity index (χ1) is 7.67. The van der Waals surface area contributed by atoms with E-state index in [-0.39, 0.29) is 0 Å². The SMILES string of the molecule is C/C=C(/C)c1cc(CC)cc(CC)c1CC. The highest BCUT2D eigenvalue weighted by Gasteiger charge is 2.08. The van der Waals surface area contributed by atoms with Crippen LogP contribution >= 0.6 is 0 Å². The van der Waals surface area contributed by atoms with E-state index >= 15 is 0 Å². The van der Waals surface area contributed by atoms with Gasteiger partial charge in [0.25, 0.3) is 0 Å². The molecule has 0 aliphatic rings. The first-order valence-electron chi connectivity index (χ1n) is 6.45. The van der Waals surface area contributed by atoms with Gasteiger partial charge in [0.2, 0.25) is 0 Å². The van der Waals surface area contributed by atoms with Gasteiger partial charge in [0.15, 0.2) is 0 Å². The van der Waals surface area contributed by atoms with Crippen molar-refractivity contribution in [2.75, 3.05) is 0 Å². The van der Waals surface area contributed by atoms with Crippen LogP contribution in [0.3, 0.4) is 0 Å². The summed E-state index contributed by atoms with van der Waals surface area (Å²) < 4.78 is 0. The standard InChI is InChI=1S/C16H24/c1-6-12(5)16-11-13(7-2)10-14(8-3)15(16)9-4/h6,10-11H,7-9H2,1-5H3/b12-6-. The van der Waals surface area contributed by atoms with Crippen LogP contribution in [0.4, 0.5) is 0 Å². The molecule has 0 bridgehead atoms. The van der Waals surface area contributed by atoms with Gasteiger partial charge in [-0.05, 0) is 60.9 Å². The molecule has 0 N–H and O–H groups in total. The zero-order valence-corrected chi connectivity index (χ0v) is 11.4. The first-order valence-corrected chi connectivity index (χ1v) is 6.45. The van der Waals surface area contributed by atoms with Crippen molar-refractivity contribution in [3.63, 3.8) is 0 Å². The summed E-state index contributed by atoms with van der Waals surface area (Å²) in [6.45, 7) is 11.1. The van der Waals surface area contributed by atoms with Gasteiger partial charge in [-0.25, -0.2) is 0 Å². The Bertz CT molecular complexity index is 383. The van der Waals surface area contributed by atoms with E-state index in [4.69, 9.17) is 0 Å². The lowest BCUT2D eigenvalue weighted by Gasteiger charge is -2.15. The largest absolute Gasteiger partial charge is 0.0841 e. The van der Waals surface area contributed by atoms with Crippen LogP contribution in [0.15, 0.2) is 18.2 Å². The minimum atomic E-state index is 1.13. The van der Waals surface area contributed by atoms with Crippen molar-refractivity contribution in [3.05, 3.63) is 40.5 Å². The molecule has 0 aliphatic heterocycles. The molecule has 0 heteroatoms. The third-order valence-electron chi connectivity index (χ3n) is 3.40. The van der Waals surface area contributed by atoms with Crippen LogP contribution in [0.1, 0.15) is 56.9 Å². The molecular weight excluding hydrogens is 192 g/mol. The molecule has 1 rings (SSSR count). The average Bonchev–Trinajstić information content (AvgIpc) is 2.35. The monoisotopic (exact) mass is 216 g/mol. The van der Waals surface area contributed by atoms with Crippen LogP contribution in [-0.2, 0) is 19.3 Å². The lowest BCUT2D eigenvalue weighted by atomic mass is 9.90. The fourth-order valence-electron chi connectivity index (χ4n) is 2.24. The predicted molar refractivity (Wildman–Crippen MR) is 73.9 cm³/mol. The van der Waals surface area contributed by atoms with E-state index in [1.807, 2.05) is 0 Å². The Kier molecular flexibility index (Phi) is 4.79. The number of aryl methyl sites for hydroxylation is 2. The molecule has 0 saturated heterocycles. The van der Waals surface area contributed by atoms with Gasteiger partial charge in [0.05, 0.1) is 0 Å². The minimum Gasteiger partial charge on any atom is -0.0841 e. The molecule has 0 fully saturated rings. The second kappa shape index (κ2) is 5.89. The first kappa shape index (κ1) is 13.0. The molecule has 0 aromatic heterocycles. The molecule has 0 radical (unpaired) electrons. The van der Waals surface area contributed by atoms with Gasteiger partial charge >= 0.3 is 0 Å². The highest BCUT2D eigenvalue weighted by Crippen LogP contribution is 2.25. The van der Waals surface area contributed by atoms with Crippen molar-refractivity contribution in [2.24, 2.45) is 0 Å². The maximum Gasteiger partial charge on any atom is -0.0193 e. The van der Waals surface area contributed by atoms with Crippen molar-refractivity contribution in [1.29, 1.82) is 0 Å². The molecule has 0 amide bonds. The van der Waals surface area contributed by atoms with E-state index in [1.165, 1.54) is 27.8 Å². The van der Waals surface area contributed by atoms with Gasteiger partial charge in [0.1, 0.15) is 0 Å². The number of hydrogen-bond acceptors (Lipinski definition) is 0. The summed E-state index contributed by atoms with van der Waals surface area (Å²) in [5.74, 6) is 0. The van der Waals surface area contributed by atoms with Gasteiger partial charge in [0, 0.05) is 0 Å². The molecule has 16 heavy (non-hydrogen) atoms. The van der Waals surface area contributed by atoms with Crippen LogP contribution in [0.2, 0.25) is 0 Å². The molecule has 0 saturated carbocycles. The maximum absolute atomic E-state index is 2.38. The molecule has 1 aromatic carbocycles. The van der Waals surface area contributed by atoms with Gasteiger partial charge in [-0.1, -0.05) is 39.0 Å². The molecule has 0 spiro atoms. The summed E-state index contributed by atoms with van der Waals surface area (Å²) in [7, 11) is 0. The van der Waals surface area contributed by atoms with Crippen molar-refractivity contribution < 1.29 is 0 Å². The molecule has 0 nitrogen and oxygen atoms in total. The second-order valence-electron chi connectivity index (χ2n) is 4.31. The molecule has 1 aromatic rings. The van der Waals surface area contributed by atoms with Gasteiger partial charge < -0.3 is 0 Å². The highest BCUT2D eigenvalue weighted by molar-refractivity contribution is 5.68. The number of hydrogen-bond donors (Lipinski definition) is 0. The smallest absolute Gasteiger partial charge is 0.0193 e. The predicted octanol–water partition coefficient (Wildman–Crippen LogP) is 4.80. The Morgan fingerprint density at radius 1 is 1.06 bits per heavy atom. The Labute approximate surface area is 100 Å². The maximum atomic E-state index is 2.38. The summed E-state index contributed by atoms with van der Waals surface area (Å²) >= 11 is 0. The topological polar surface area (TPSA) is 0 Å². The Balaban J connectivity index is 3.43. The van der Waals surface area contributed by atoms with E-state index in [0.717, 1.165) is 19.3 Å². The van der Waals surface area contributed by atoms with Crippen LogP contribution in [0, 0.1) is 0 Å². The molecular formula is C16H24. The number of rotatable bonds is 4. The van der Waals surface area contributed by atoms with Crippen LogP contribution < -0.4 is 0 Å². The van der Waals surface area contributed by atoms with E-state index < -0.39 is 0 Å². The Hall–Kier alpha value is -1.04. The van der Waals surface area contributed by atoms with Crippen molar-refractivity contribution in [1.82, 2.24) is 0 Å². The quantitative estimate of drug-likeness (QED) is 0.678. The zero-order chi connectivity index (χ0) is 12.1. The van der Waals surface area contributed by atoms with Crippen LogP contribution in [0.25, 0.3) is 5.57 Å². The fraction of sp³-hybridized carbons (Fsp3) is 0.500. The summed E-state index contributed by atoms with van der Waals surface area (Å²) in [6, 6.07) is 4.75. The molecule has 88 valence electrons. The van der Waals surface area contributed by atoms with Crippen molar-refractivity contribution in [2.45, 2.75) is 53.9 Å². The summed E-state index contributed by atoms with van der Waals surface area (Å²) in [4.78, 5) is 0. The summed E-state index contributed by atoms with van der Waals surface area (Å²) in [5, 5.41) is 0. The van der Waals surface area contributed by atoms with E-state index in [1.54, 1.807) is 0 Å². The van der Waals surface area contributed by atoms with E-state index in [0.29, 0.717) is 0 Å². The minimum absolute atomic E-state index is 1.13. The normalized spacial score (nSPS) is 11.9. The summed E-state index contributed by atoms with van der Waals surface area (Å²) in [5.41, 5.74) is 7.39. The second-order valence-corrected chi connectivity index (χ2v) is 4.31. The highest BCUT2D eigenvalue weighted by atomic mass is 14.1. The third kappa shape index (κ3) is 2.55. The van der Waals surface area contributed by atoms with Gasteiger partial charge in [-0.15, -0.1) is 0 Å². The Morgan fingerprint density at radius 3 is 2.19 bits per heavy atom. The van der Waals surface area contributed by atoms with Gasteiger partial charge in [-0.2, -0.15) is 0 Å².